The average Bonchev–Trinajstić information content (AvgIpc) is 2.86. The molecule has 0 saturated carbocycles. The Morgan fingerprint density at radius 1 is 1.00 bits per heavy atom. The zero-order chi connectivity index (χ0) is 15.9. The molecule has 8 heteroatoms. The summed E-state index contributed by atoms with van der Waals surface area (Å²) < 4.78 is 27.2. The van der Waals surface area contributed by atoms with Gasteiger partial charge in [-0.2, -0.15) is 0 Å². The molecule has 0 aliphatic rings. The summed E-state index contributed by atoms with van der Waals surface area (Å²) in [5.41, 5.74) is 0.833. The van der Waals surface area contributed by atoms with Crippen molar-refractivity contribution in [1.29, 1.82) is 0 Å². The van der Waals surface area contributed by atoms with E-state index in [9.17, 15) is 13.5 Å². The van der Waals surface area contributed by atoms with Gasteiger partial charge in [0, 0.05) is 11.6 Å². The lowest BCUT2D eigenvalue weighted by Crippen LogP contribution is -2.13. The van der Waals surface area contributed by atoms with Gasteiger partial charge in [-0.25, -0.2) is 8.42 Å². The van der Waals surface area contributed by atoms with Gasteiger partial charge in [-0.15, -0.1) is 0 Å². The number of nitrogens with one attached hydrogen (secondary N) is 2. The number of fused-ring (bicyclic) bond motifs is 1. The van der Waals surface area contributed by atoms with Crippen LogP contribution in [0.3, 0.4) is 0 Å². The SMILES string of the molecule is O=S(=O)(Nc1ccc(Cl)c2c(Cl)c[nH]c12)c1ccc(O)cc1. The third-order valence-electron chi connectivity index (χ3n) is 3.13. The molecule has 1 heterocycles. The predicted octanol–water partition coefficient (Wildman–Crippen LogP) is 3.98. The molecule has 3 N–H and O–H groups in total. The maximum atomic E-state index is 12.4. The van der Waals surface area contributed by atoms with Crippen LogP contribution in [0.4, 0.5) is 5.69 Å². The molecule has 22 heavy (non-hydrogen) atoms. The number of halogens is 2. The van der Waals surface area contributed by atoms with Crippen LogP contribution in [0, 0.1) is 0 Å². The van der Waals surface area contributed by atoms with E-state index in [0.29, 0.717) is 26.6 Å². The van der Waals surface area contributed by atoms with Crippen molar-refractivity contribution in [2.75, 3.05) is 4.72 Å². The van der Waals surface area contributed by atoms with E-state index < -0.39 is 10.0 Å². The molecule has 0 spiro atoms. The molecule has 0 fully saturated rings. The molecule has 2 aromatic carbocycles. The van der Waals surface area contributed by atoms with E-state index in [1.54, 1.807) is 12.1 Å². The van der Waals surface area contributed by atoms with Crippen LogP contribution in [-0.4, -0.2) is 18.5 Å². The first-order valence-corrected chi connectivity index (χ1v) is 8.39. The van der Waals surface area contributed by atoms with E-state index in [0.717, 1.165) is 0 Å². The van der Waals surface area contributed by atoms with Crippen LogP contribution in [-0.2, 0) is 10.0 Å². The molecule has 0 atom stereocenters. The molecule has 0 radical (unpaired) electrons. The van der Waals surface area contributed by atoms with Gasteiger partial charge in [0.05, 0.1) is 26.1 Å². The Kier molecular flexibility index (Phi) is 3.68. The number of hydrogen-bond acceptors (Lipinski definition) is 3. The Balaban J connectivity index is 2.06. The van der Waals surface area contributed by atoms with Crippen molar-refractivity contribution < 1.29 is 13.5 Å². The third kappa shape index (κ3) is 2.61. The highest BCUT2D eigenvalue weighted by Crippen LogP contribution is 2.35. The summed E-state index contributed by atoms with van der Waals surface area (Å²) in [6.07, 6.45) is 1.54. The molecule has 0 aliphatic heterocycles. The molecule has 114 valence electrons. The van der Waals surface area contributed by atoms with Crippen LogP contribution in [0.1, 0.15) is 0 Å². The molecular weight excluding hydrogens is 347 g/mol. The zero-order valence-corrected chi connectivity index (χ0v) is 13.3. The summed E-state index contributed by atoms with van der Waals surface area (Å²) in [5, 5.41) is 10.6. The summed E-state index contributed by atoms with van der Waals surface area (Å²) >= 11 is 12.1. The van der Waals surface area contributed by atoms with Crippen LogP contribution in [0.5, 0.6) is 5.75 Å². The minimum absolute atomic E-state index is 0.0102. The molecule has 0 aliphatic carbocycles. The van der Waals surface area contributed by atoms with E-state index in [1.165, 1.54) is 30.5 Å². The van der Waals surface area contributed by atoms with Crippen molar-refractivity contribution in [3.63, 3.8) is 0 Å². The highest BCUT2D eigenvalue weighted by Gasteiger charge is 2.17. The first kappa shape index (κ1) is 15.0. The molecule has 0 saturated heterocycles. The monoisotopic (exact) mass is 356 g/mol. The number of rotatable bonds is 3. The zero-order valence-electron chi connectivity index (χ0n) is 11.0. The lowest BCUT2D eigenvalue weighted by atomic mass is 10.2. The second kappa shape index (κ2) is 5.39. The molecule has 0 bridgehead atoms. The van der Waals surface area contributed by atoms with Crippen molar-refractivity contribution in [1.82, 2.24) is 4.98 Å². The van der Waals surface area contributed by atoms with Crippen molar-refractivity contribution in [3.8, 4) is 5.75 Å². The second-order valence-electron chi connectivity index (χ2n) is 4.58. The Morgan fingerprint density at radius 3 is 2.36 bits per heavy atom. The van der Waals surface area contributed by atoms with E-state index >= 15 is 0 Å². The normalized spacial score (nSPS) is 11.7. The van der Waals surface area contributed by atoms with Crippen LogP contribution in [0.2, 0.25) is 10.0 Å². The highest BCUT2D eigenvalue weighted by atomic mass is 35.5. The molecule has 5 nitrogen and oxygen atoms in total. The number of H-pyrrole nitrogens is 1. The highest BCUT2D eigenvalue weighted by molar-refractivity contribution is 7.92. The Hall–Kier alpha value is -1.89. The third-order valence-corrected chi connectivity index (χ3v) is 5.12. The summed E-state index contributed by atoms with van der Waals surface area (Å²) in [6.45, 7) is 0. The van der Waals surface area contributed by atoms with E-state index in [1.807, 2.05) is 0 Å². The van der Waals surface area contributed by atoms with Gasteiger partial charge in [-0.3, -0.25) is 4.72 Å². The number of phenolic OH excluding ortho intramolecular Hbond substituents is 1. The number of aromatic amines is 1. The van der Waals surface area contributed by atoms with Crippen molar-refractivity contribution >= 4 is 49.8 Å². The van der Waals surface area contributed by atoms with Gasteiger partial charge < -0.3 is 10.1 Å². The standard InChI is InChI=1S/C14H10Cl2N2O3S/c15-10-5-6-12(14-13(10)11(16)7-17-14)18-22(20,21)9-3-1-8(19)2-4-9/h1-7,17-19H. The van der Waals surface area contributed by atoms with Gasteiger partial charge in [-0.05, 0) is 36.4 Å². The van der Waals surface area contributed by atoms with Gasteiger partial charge in [-0.1, -0.05) is 23.2 Å². The number of phenols is 1. The average molecular weight is 357 g/mol. The number of aromatic hydroxyl groups is 1. The van der Waals surface area contributed by atoms with Crippen molar-refractivity contribution in [2.45, 2.75) is 4.90 Å². The minimum Gasteiger partial charge on any atom is -0.508 e. The van der Waals surface area contributed by atoms with E-state index in [2.05, 4.69) is 9.71 Å². The Morgan fingerprint density at radius 2 is 1.68 bits per heavy atom. The van der Waals surface area contributed by atoms with E-state index in [-0.39, 0.29) is 10.6 Å². The Labute approximate surface area is 136 Å². The maximum absolute atomic E-state index is 12.4. The fourth-order valence-electron chi connectivity index (χ4n) is 2.08. The van der Waals surface area contributed by atoms with Gasteiger partial charge >= 0.3 is 0 Å². The molecule has 3 aromatic rings. The number of aromatic nitrogens is 1. The van der Waals surface area contributed by atoms with Gasteiger partial charge in [0.1, 0.15) is 5.75 Å². The molecule has 1 aromatic heterocycles. The smallest absolute Gasteiger partial charge is 0.261 e. The van der Waals surface area contributed by atoms with Crippen LogP contribution < -0.4 is 4.72 Å². The summed E-state index contributed by atoms with van der Waals surface area (Å²) in [7, 11) is -3.79. The summed E-state index contributed by atoms with van der Waals surface area (Å²) in [5.74, 6) is -0.0102. The number of anilines is 1. The quantitative estimate of drug-likeness (QED) is 0.663. The number of hydrogen-bond donors (Lipinski definition) is 3. The number of benzene rings is 2. The summed E-state index contributed by atoms with van der Waals surface area (Å²) in [4.78, 5) is 2.93. The summed E-state index contributed by atoms with van der Waals surface area (Å²) in [6, 6.07) is 8.35. The lowest BCUT2D eigenvalue weighted by Gasteiger charge is -2.10. The van der Waals surface area contributed by atoms with Crippen LogP contribution in [0.25, 0.3) is 10.9 Å². The second-order valence-corrected chi connectivity index (χ2v) is 7.08. The molecule has 0 unspecified atom stereocenters. The first-order chi connectivity index (χ1) is 10.4. The van der Waals surface area contributed by atoms with Gasteiger partial charge in [0.25, 0.3) is 10.0 Å². The van der Waals surface area contributed by atoms with Crippen LogP contribution in [0.15, 0.2) is 47.5 Å². The van der Waals surface area contributed by atoms with Gasteiger partial charge in [0.2, 0.25) is 0 Å². The molecule has 3 rings (SSSR count). The topological polar surface area (TPSA) is 82.2 Å². The minimum atomic E-state index is -3.79. The lowest BCUT2D eigenvalue weighted by molar-refractivity contribution is 0.475. The van der Waals surface area contributed by atoms with Crippen molar-refractivity contribution in [3.05, 3.63) is 52.6 Å². The Bertz CT molecular complexity index is 950. The van der Waals surface area contributed by atoms with E-state index in [4.69, 9.17) is 23.2 Å². The largest absolute Gasteiger partial charge is 0.508 e. The predicted molar refractivity (Wildman–Crippen MR) is 87.2 cm³/mol. The maximum Gasteiger partial charge on any atom is 0.261 e. The molecular formula is C14H10Cl2N2O3S. The van der Waals surface area contributed by atoms with Gasteiger partial charge in [0.15, 0.2) is 0 Å². The van der Waals surface area contributed by atoms with Crippen LogP contribution >= 0.6 is 23.2 Å². The first-order valence-electron chi connectivity index (χ1n) is 6.15. The molecule has 0 amide bonds. The fourth-order valence-corrected chi connectivity index (χ4v) is 3.71. The van der Waals surface area contributed by atoms with Crippen molar-refractivity contribution in [2.24, 2.45) is 0 Å². The number of sulfonamides is 1. The fraction of sp³-hybridized carbons (Fsp3) is 0.